The van der Waals surface area contributed by atoms with Gasteiger partial charge in [-0.3, -0.25) is 4.79 Å². The van der Waals surface area contributed by atoms with Gasteiger partial charge in [0.05, 0.1) is 7.11 Å². The largest absolute Gasteiger partial charge is 0.453 e. The Morgan fingerprint density at radius 3 is 2.62 bits per heavy atom. The van der Waals surface area contributed by atoms with Gasteiger partial charge in [0.25, 0.3) is 0 Å². The number of carbonyl (C=O) groups is 2. The predicted molar refractivity (Wildman–Crippen MR) is 47.4 cm³/mol. The first-order valence-corrected chi connectivity index (χ1v) is 4.50. The number of Topliss-reactive ketones (excluding diaryl/α,β-unsaturated/α-hetero) is 1. The first kappa shape index (κ1) is 10.0. The molecule has 1 fully saturated rings. The van der Waals surface area contributed by atoms with Crippen molar-refractivity contribution in [3.63, 3.8) is 0 Å². The number of rotatable bonds is 2. The van der Waals surface area contributed by atoms with Crippen molar-refractivity contribution < 1.29 is 14.3 Å². The molecule has 0 saturated heterocycles. The average Bonchev–Trinajstić information content (AvgIpc) is 2.52. The smallest absolute Gasteiger partial charge is 0.407 e. The third-order valence-corrected chi connectivity index (χ3v) is 2.53. The fraction of sp³-hybridized carbons (Fsp3) is 0.778. The lowest BCUT2D eigenvalue weighted by Gasteiger charge is -2.17. The Labute approximate surface area is 77.6 Å². The zero-order chi connectivity index (χ0) is 9.84. The van der Waals surface area contributed by atoms with E-state index in [2.05, 4.69) is 10.1 Å². The SMILES string of the molecule is COC(=O)NC1CCC[C@@H]1C(C)=O. The van der Waals surface area contributed by atoms with Crippen LogP contribution in [0.15, 0.2) is 0 Å². The van der Waals surface area contributed by atoms with Gasteiger partial charge in [-0.05, 0) is 19.8 Å². The van der Waals surface area contributed by atoms with E-state index >= 15 is 0 Å². The molecule has 1 unspecified atom stereocenters. The third kappa shape index (κ3) is 2.44. The second-order valence-electron chi connectivity index (χ2n) is 3.39. The van der Waals surface area contributed by atoms with Crippen LogP contribution in [0.2, 0.25) is 0 Å². The number of ketones is 1. The molecule has 1 aliphatic carbocycles. The van der Waals surface area contributed by atoms with E-state index in [-0.39, 0.29) is 17.7 Å². The minimum Gasteiger partial charge on any atom is -0.453 e. The van der Waals surface area contributed by atoms with E-state index in [4.69, 9.17) is 0 Å². The lowest BCUT2D eigenvalue weighted by atomic mass is 10.00. The molecule has 1 N–H and O–H groups in total. The Hall–Kier alpha value is -1.06. The molecule has 0 bridgehead atoms. The molecular formula is C9H15NO3. The van der Waals surface area contributed by atoms with Gasteiger partial charge >= 0.3 is 6.09 Å². The highest BCUT2D eigenvalue weighted by Gasteiger charge is 2.31. The van der Waals surface area contributed by atoms with Gasteiger partial charge in [-0.15, -0.1) is 0 Å². The number of ether oxygens (including phenoxy) is 1. The minimum absolute atomic E-state index is 0.0147. The number of amides is 1. The summed E-state index contributed by atoms with van der Waals surface area (Å²) in [4.78, 5) is 22.0. The van der Waals surface area contributed by atoms with E-state index in [1.54, 1.807) is 6.92 Å². The van der Waals surface area contributed by atoms with Crippen LogP contribution >= 0.6 is 0 Å². The molecule has 13 heavy (non-hydrogen) atoms. The molecule has 0 aromatic carbocycles. The molecule has 1 saturated carbocycles. The van der Waals surface area contributed by atoms with Crippen molar-refractivity contribution in [3.05, 3.63) is 0 Å². The van der Waals surface area contributed by atoms with E-state index in [0.717, 1.165) is 19.3 Å². The highest BCUT2D eigenvalue weighted by molar-refractivity contribution is 5.80. The van der Waals surface area contributed by atoms with E-state index in [1.807, 2.05) is 0 Å². The maximum absolute atomic E-state index is 11.1. The van der Waals surface area contributed by atoms with Crippen molar-refractivity contribution in [3.8, 4) is 0 Å². The van der Waals surface area contributed by atoms with Crippen LogP contribution in [-0.2, 0) is 9.53 Å². The first-order chi connectivity index (χ1) is 6.15. The van der Waals surface area contributed by atoms with Crippen LogP contribution in [0.4, 0.5) is 4.79 Å². The summed E-state index contributed by atoms with van der Waals surface area (Å²) in [6.45, 7) is 1.57. The number of alkyl carbamates (subject to hydrolysis) is 1. The highest BCUT2D eigenvalue weighted by Crippen LogP contribution is 2.26. The second-order valence-corrected chi connectivity index (χ2v) is 3.39. The van der Waals surface area contributed by atoms with Crippen LogP contribution in [0, 0.1) is 5.92 Å². The maximum Gasteiger partial charge on any atom is 0.407 e. The number of hydrogen-bond acceptors (Lipinski definition) is 3. The van der Waals surface area contributed by atoms with Gasteiger partial charge in [0.1, 0.15) is 5.78 Å². The Bertz CT molecular complexity index is 215. The monoisotopic (exact) mass is 185 g/mol. The zero-order valence-electron chi connectivity index (χ0n) is 8.00. The van der Waals surface area contributed by atoms with Gasteiger partial charge in [-0.25, -0.2) is 4.79 Å². The van der Waals surface area contributed by atoms with Crippen LogP contribution in [0.25, 0.3) is 0 Å². The summed E-state index contributed by atoms with van der Waals surface area (Å²) in [7, 11) is 1.33. The molecule has 0 aromatic rings. The van der Waals surface area contributed by atoms with E-state index in [1.165, 1.54) is 7.11 Å². The fourth-order valence-corrected chi connectivity index (χ4v) is 1.83. The lowest BCUT2D eigenvalue weighted by molar-refractivity contribution is -0.121. The number of hydrogen-bond donors (Lipinski definition) is 1. The summed E-state index contributed by atoms with van der Waals surface area (Å²) in [5.74, 6) is 0.137. The highest BCUT2D eigenvalue weighted by atomic mass is 16.5. The Morgan fingerprint density at radius 2 is 2.08 bits per heavy atom. The Balaban J connectivity index is 2.48. The zero-order valence-corrected chi connectivity index (χ0v) is 8.00. The predicted octanol–water partition coefficient (Wildman–Crippen LogP) is 1.10. The number of methoxy groups -OCH3 is 1. The summed E-state index contributed by atoms with van der Waals surface area (Å²) in [5, 5.41) is 2.68. The van der Waals surface area contributed by atoms with Crippen LogP contribution in [0.1, 0.15) is 26.2 Å². The van der Waals surface area contributed by atoms with Crippen LogP contribution in [-0.4, -0.2) is 25.0 Å². The van der Waals surface area contributed by atoms with Crippen molar-refractivity contribution in [2.45, 2.75) is 32.2 Å². The van der Waals surface area contributed by atoms with Gasteiger partial charge in [-0.2, -0.15) is 0 Å². The molecule has 74 valence electrons. The van der Waals surface area contributed by atoms with Crippen molar-refractivity contribution in [2.24, 2.45) is 5.92 Å². The number of carbonyl (C=O) groups excluding carboxylic acids is 2. The van der Waals surface area contributed by atoms with Gasteiger partial charge < -0.3 is 10.1 Å². The summed E-state index contributed by atoms with van der Waals surface area (Å²) in [6, 6.07) is -0.0232. The summed E-state index contributed by atoms with van der Waals surface area (Å²) < 4.78 is 4.48. The van der Waals surface area contributed by atoms with Crippen LogP contribution in [0.5, 0.6) is 0 Å². The van der Waals surface area contributed by atoms with E-state index < -0.39 is 6.09 Å². The quantitative estimate of drug-likeness (QED) is 0.700. The lowest BCUT2D eigenvalue weighted by Crippen LogP contribution is -2.39. The van der Waals surface area contributed by atoms with Crippen molar-refractivity contribution in [2.75, 3.05) is 7.11 Å². The molecular weight excluding hydrogens is 170 g/mol. The molecule has 0 aliphatic heterocycles. The Morgan fingerprint density at radius 1 is 1.38 bits per heavy atom. The first-order valence-electron chi connectivity index (χ1n) is 4.50. The van der Waals surface area contributed by atoms with Crippen LogP contribution < -0.4 is 5.32 Å². The summed E-state index contributed by atoms with van der Waals surface area (Å²) >= 11 is 0. The Kier molecular flexibility index (Phi) is 3.28. The fourth-order valence-electron chi connectivity index (χ4n) is 1.83. The standard InChI is InChI=1S/C9H15NO3/c1-6(11)7-4-3-5-8(7)10-9(12)13-2/h7-8H,3-5H2,1-2H3,(H,10,12)/t7-,8?/m1/s1. The van der Waals surface area contributed by atoms with Crippen molar-refractivity contribution in [1.82, 2.24) is 5.32 Å². The molecule has 0 aromatic heterocycles. The number of nitrogens with one attached hydrogen (secondary N) is 1. The second kappa shape index (κ2) is 4.25. The molecule has 0 heterocycles. The summed E-state index contributed by atoms with van der Waals surface area (Å²) in [6.07, 6.45) is 2.31. The minimum atomic E-state index is -0.446. The van der Waals surface area contributed by atoms with Gasteiger partial charge in [0.15, 0.2) is 0 Å². The molecule has 4 nitrogen and oxygen atoms in total. The molecule has 1 aliphatic rings. The third-order valence-electron chi connectivity index (χ3n) is 2.53. The average molecular weight is 185 g/mol. The maximum atomic E-state index is 11.1. The van der Waals surface area contributed by atoms with E-state index in [9.17, 15) is 9.59 Å². The van der Waals surface area contributed by atoms with Gasteiger partial charge in [0.2, 0.25) is 0 Å². The van der Waals surface area contributed by atoms with E-state index in [0.29, 0.717) is 0 Å². The van der Waals surface area contributed by atoms with Crippen LogP contribution in [0.3, 0.4) is 0 Å². The molecule has 0 spiro atoms. The molecule has 0 radical (unpaired) electrons. The molecule has 4 heteroatoms. The summed E-state index contributed by atoms with van der Waals surface area (Å²) in [5.41, 5.74) is 0. The normalized spacial score (nSPS) is 26.9. The molecule has 1 rings (SSSR count). The molecule has 2 atom stereocenters. The van der Waals surface area contributed by atoms with Gasteiger partial charge in [-0.1, -0.05) is 6.42 Å². The van der Waals surface area contributed by atoms with Crippen molar-refractivity contribution >= 4 is 11.9 Å². The molecule has 1 amide bonds. The van der Waals surface area contributed by atoms with Gasteiger partial charge in [0, 0.05) is 12.0 Å². The van der Waals surface area contributed by atoms with Crippen molar-refractivity contribution in [1.29, 1.82) is 0 Å². The topological polar surface area (TPSA) is 55.4 Å².